The molecule has 5 rings (SSSR count). The van der Waals surface area contributed by atoms with Crippen molar-refractivity contribution in [3.05, 3.63) is 89.6 Å². The Kier molecular flexibility index (Phi) is 5.69. The van der Waals surface area contributed by atoms with Gasteiger partial charge in [0.15, 0.2) is 0 Å². The topological polar surface area (TPSA) is 88.0 Å². The Morgan fingerprint density at radius 1 is 0.848 bits per heavy atom. The molecule has 1 aliphatic rings. The molecule has 166 valence electrons. The summed E-state index contributed by atoms with van der Waals surface area (Å²) in [6.07, 6.45) is 5.36. The minimum Gasteiger partial charge on any atom is -0.385 e. The Hall–Kier alpha value is -3.86. The van der Waals surface area contributed by atoms with Crippen molar-refractivity contribution in [1.82, 2.24) is 10.3 Å². The molecule has 1 aliphatic carbocycles. The van der Waals surface area contributed by atoms with E-state index in [-0.39, 0.29) is 23.6 Å². The fraction of sp³-hybridized carbons (Fsp3) is 0.214. The van der Waals surface area contributed by atoms with Crippen LogP contribution >= 0.6 is 0 Å². The summed E-state index contributed by atoms with van der Waals surface area (Å²) in [7, 11) is 0. The standard InChI is InChI=1S/C28H27N3O2/c29-27-24(28(33)30-20-14-5-2-6-15-20)23(22-17-9-13-18-10-7-8-16-21(18)22)25(31-27)26(32)19-11-3-1-4-12-19/h1,3-4,7-13,16-17,20,31H,2,5-6,14-15,29H2,(H,30,33). The summed E-state index contributed by atoms with van der Waals surface area (Å²) in [6, 6.07) is 23.1. The van der Waals surface area contributed by atoms with Crippen LogP contribution in [0.3, 0.4) is 0 Å². The molecule has 1 aromatic heterocycles. The van der Waals surface area contributed by atoms with Crippen LogP contribution in [0.5, 0.6) is 0 Å². The number of H-pyrrole nitrogens is 1. The highest BCUT2D eigenvalue weighted by atomic mass is 16.2. The Bertz CT molecular complexity index is 1310. The average Bonchev–Trinajstić information content (AvgIpc) is 3.21. The third-order valence-electron chi connectivity index (χ3n) is 6.52. The van der Waals surface area contributed by atoms with Crippen LogP contribution in [0.4, 0.5) is 5.82 Å². The average molecular weight is 438 g/mol. The van der Waals surface area contributed by atoms with Gasteiger partial charge in [-0.25, -0.2) is 0 Å². The van der Waals surface area contributed by atoms with E-state index in [0.29, 0.717) is 22.4 Å². The summed E-state index contributed by atoms with van der Waals surface area (Å²) < 4.78 is 0. The molecule has 3 aromatic carbocycles. The van der Waals surface area contributed by atoms with Gasteiger partial charge in [0.1, 0.15) is 5.82 Å². The number of anilines is 1. The monoisotopic (exact) mass is 437 g/mol. The second-order valence-corrected chi connectivity index (χ2v) is 8.69. The van der Waals surface area contributed by atoms with Crippen molar-refractivity contribution < 1.29 is 9.59 Å². The number of hydrogen-bond acceptors (Lipinski definition) is 3. The van der Waals surface area contributed by atoms with E-state index in [2.05, 4.69) is 10.3 Å². The number of fused-ring (bicyclic) bond motifs is 1. The first kappa shape index (κ1) is 21.0. The van der Waals surface area contributed by atoms with Crippen molar-refractivity contribution >= 4 is 28.3 Å². The number of benzene rings is 3. The molecule has 0 aliphatic heterocycles. The van der Waals surface area contributed by atoms with Crippen LogP contribution in [0.25, 0.3) is 21.9 Å². The lowest BCUT2D eigenvalue weighted by molar-refractivity contribution is 0.0929. The van der Waals surface area contributed by atoms with Crippen LogP contribution in [-0.2, 0) is 0 Å². The maximum Gasteiger partial charge on any atom is 0.255 e. The van der Waals surface area contributed by atoms with Gasteiger partial charge in [-0.05, 0) is 29.2 Å². The van der Waals surface area contributed by atoms with E-state index >= 15 is 0 Å². The van der Waals surface area contributed by atoms with Crippen molar-refractivity contribution in [3.63, 3.8) is 0 Å². The van der Waals surface area contributed by atoms with E-state index in [1.54, 1.807) is 12.1 Å². The van der Waals surface area contributed by atoms with Crippen LogP contribution in [0.2, 0.25) is 0 Å². The van der Waals surface area contributed by atoms with E-state index in [1.807, 2.05) is 60.7 Å². The normalized spacial score (nSPS) is 14.3. The zero-order valence-corrected chi connectivity index (χ0v) is 18.4. The molecule has 0 saturated heterocycles. The summed E-state index contributed by atoms with van der Waals surface area (Å²) in [5.74, 6) is -0.210. The molecule has 0 radical (unpaired) electrons. The van der Waals surface area contributed by atoms with Crippen LogP contribution in [0.15, 0.2) is 72.8 Å². The van der Waals surface area contributed by atoms with Crippen LogP contribution in [0, 0.1) is 0 Å². The van der Waals surface area contributed by atoms with Crippen molar-refractivity contribution in [3.8, 4) is 11.1 Å². The first-order chi connectivity index (χ1) is 16.1. The third-order valence-corrected chi connectivity index (χ3v) is 6.52. The second kappa shape index (κ2) is 8.94. The number of nitrogens with one attached hydrogen (secondary N) is 2. The van der Waals surface area contributed by atoms with Gasteiger partial charge >= 0.3 is 0 Å². The molecule has 0 atom stereocenters. The van der Waals surface area contributed by atoms with Gasteiger partial charge in [0.05, 0.1) is 11.3 Å². The zero-order valence-electron chi connectivity index (χ0n) is 18.4. The molecular formula is C28H27N3O2. The van der Waals surface area contributed by atoms with Gasteiger partial charge in [0.2, 0.25) is 5.78 Å². The van der Waals surface area contributed by atoms with Crippen LogP contribution in [-0.4, -0.2) is 22.7 Å². The van der Waals surface area contributed by atoms with Gasteiger partial charge in [-0.1, -0.05) is 92.1 Å². The Labute approximate surface area is 193 Å². The molecule has 33 heavy (non-hydrogen) atoms. The van der Waals surface area contributed by atoms with Crippen LogP contribution in [0.1, 0.15) is 58.5 Å². The first-order valence-corrected chi connectivity index (χ1v) is 11.5. The summed E-state index contributed by atoms with van der Waals surface area (Å²) in [6.45, 7) is 0. The zero-order chi connectivity index (χ0) is 22.8. The van der Waals surface area contributed by atoms with Gasteiger partial charge in [-0.2, -0.15) is 0 Å². The van der Waals surface area contributed by atoms with E-state index in [4.69, 9.17) is 5.73 Å². The van der Waals surface area contributed by atoms with Crippen molar-refractivity contribution in [2.24, 2.45) is 0 Å². The summed E-state index contributed by atoms with van der Waals surface area (Å²) in [5, 5.41) is 5.18. The smallest absolute Gasteiger partial charge is 0.255 e. The largest absolute Gasteiger partial charge is 0.385 e. The van der Waals surface area contributed by atoms with Crippen molar-refractivity contribution in [2.75, 3.05) is 5.73 Å². The first-order valence-electron chi connectivity index (χ1n) is 11.5. The number of aromatic nitrogens is 1. The summed E-state index contributed by atoms with van der Waals surface area (Å²) in [4.78, 5) is 30.1. The molecule has 4 N–H and O–H groups in total. The highest BCUT2D eigenvalue weighted by molar-refractivity contribution is 6.19. The number of rotatable bonds is 5. The number of ketones is 1. The molecule has 5 heteroatoms. The summed E-state index contributed by atoms with van der Waals surface area (Å²) >= 11 is 0. The molecule has 1 fully saturated rings. The third kappa shape index (κ3) is 4.02. The van der Waals surface area contributed by atoms with Crippen molar-refractivity contribution in [2.45, 2.75) is 38.1 Å². The maximum atomic E-state index is 13.5. The molecule has 1 saturated carbocycles. The minimum atomic E-state index is -0.231. The molecule has 0 bridgehead atoms. The Morgan fingerprint density at radius 3 is 2.33 bits per heavy atom. The van der Waals surface area contributed by atoms with Gasteiger partial charge in [0.25, 0.3) is 5.91 Å². The Balaban J connectivity index is 1.68. The van der Waals surface area contributed by atoms with Gasteiger partial charge in [-0.15, -0.1) is 0 Å². The molecular weight excluding hydrogens is 410 g/mol. The van der Waals surface area contributed by atoms with E-state index in [0.717, 1.165) is 42.0 Å². The summed E-state index contributed by atoms with van der Waals surface area (Å²) in [5.41, 5.74) is 8.97. The quantitative estimate of drug-likeness (QED) is 0.349. The number of hydrogen-bond donors (Lipinski definition) is 3. The Morgan fingerprint density at radius 2 is 1.55 bits per heavy atom. The fourth-order valence-corrected chi connectivity index (χ4v) is 4.88. The van der Waals surface area contributed by atoms with E-state index < -0.39 is 0 Å². The lowest BCUT2D eigenvalue weighted by Gasteiger charge is -2.23. The molecule has 0 unspecified atom stereocenters. The lowest BCUT2D eigenvalue weighted by Crippen LogP contribution is -2.36. The molecule has 1 heterocycles. The lowest BCUT2D eigenvalue weighted by atomic mass is 9.92. The highest BCUT2D eigenvalue weighted by Crippen LogP contribution is 2.37. The SMILES string of the molecule is Nc1[nH]c(C(=O)c2ccccc2)c(-c2cccc3ccccc23)c1C(=O)NC1CCCCC1. The minimum absolute atomic E-state index is 0.134. The van der Waals surface area contributed by atoms with Crippen LogP contribution < -0.4 is 11.1 Å². The number of nitrogens with two attached hydrogens (primary N) is 1. The highest BCUT2D eigenvalue weighted by Gasteiger charge is 2.29. The predicted molar refractivity (Wildman–Crippen MR) is 132 cm³/mol. The van der Waals surface area contributed by atoms with E-state index in [1.165, 1.54) is 6.42 Å². The maximum absolute atomic E-state index is 13.5. The number of carbonyl (C=O) groups excluding carboxylic acids is 2. The van der Waals surface area contributed by atoms with E-state index in [9.17, 15) is 9.59 Å². The molecule has 5 nitrogen and oxygen atoms in total. The number of amides is 1. The molecule has 1 amide bonds. The second-order valence-electron chi connectivity index (χ2n) is 8.69. The van der Waals surface area contributed by atoms with Gasteiger partial charge < -0.3 is 16.0 Å². The van der Waals surface area contributed by atoms with Crippen molar-refractivity contribution in [1.29, 1.82) is 0 Å². The predicted octanol–water partition coefficient (Wildman–Crippen LogP) is 5.71. The molecule has 0 spiro atoms. The van der Waals surface area contributed by atoms with Gasteiger partial charge in [-0.3, -0.25) is 9.59 Å². The van der Waals surface area contributed by atoms with Gasteiger partial charge in [0, 0.05) is 17.2 Å². The fourth-order valence-electron chi connectivity index (χ4n) is 4.88. The number of aromatic amines is 1. The number of carbonyl (C=O) groups is 2. The number of nitrogen functional groups attached to an aromatic ring is 1. The molecule has 4 aromatic rings.